The summed E-state index contributed by atoms with van der Waals surface area (Å²) in [7, 11) is 0. The third kappa shape index (κ3) is 4.80. The van der Waals surface area contributed by atoms with Crippen LogP contribution in [0.15, 0.2) is 54.7 Å². The smallest absolute Gasteiger partial charge is 0.322 e. The third-order valence-corrected chi connectivity index (χ3v) is 4.52. The number of nitrogens with one attached hydrogen (secondary N) is 1. The number of carbonyl (C=O) groups excluding carboxylic acids is 1. The fourth-order valence-electron chi connectivity index (χ4n) is 3.20. The van der Waals surface area contributed by atoms with Gasteiger partial charge < -0.3 is 25.2 Å². The summed E-state index contributed by atoms with van der Waals surface area (Å²) in [6.45, 7) is -0.484. The molecule has 0 aliphatic carbocycles. The van der Waals surface area contributed by atoms with Crippen LogP contribution >= 0.6 is 0 Å². The Morgan fingerprint density at radius 3 is 2.48 bits per heavy atom. The molecule has 3 aromatic rings. The van der Waals surface area contributed by atoms with E-state index in [2.05, 4.69) is 5.32 Å². The van der Waals surface area contributed by atoms with Crippen LogP contribution in [0, 0.1) is 0 Å². The van der Waals surface area contributed by atoms with Crippen molar-refractivity contribution >= 4 is 28.7 Å². The molecule has 0 radical (unpaired) electrons. The maximum Gasteiger partial charge on any atom is 0.322 e. The van der Waals surface area contributed by atoms with Gasteiger partial charge in [0.2, 0.25) is 5.91 Å². The van der Waals surface area contributed by atoms with Gasteiger partial charge in [-0.25, -0.2) is 0 Å². The van der Waals surface area contributed by atoms with Gasteiger partial charge in [0.05, 0.1) is 12.5 Å². The highest BCUT2D eigenvalue weighted by atomic mass is 16.4. The Bertz CT molecular complexity index is 1070. The van der Waals surface area contributed by atoms with E-state index in [0.29, 0.717) is 11.1 Å². The molecule has 0 spiro atoms. The molecule has 1 heterocycles. The van der Waals surface area contributed by atoms with Gasteiger partial charge in [-0.1, -0.05) is 36.4 Å². The molecule has 3 rings (SSSR count). The molecule has 1 amide bonds. The summed E-state index contributed by atoms with van der Waals surface area (Å²) in [6, 6.07) is 14.5. The predicted octanol–water partition coefficient (Wildman–Crippen LogP) is 2.02. The number of carbonyl (C=O) groups is 3. The zero-order valence-corrected chi connectivity index (χ0v) is 15.4. The molecule has 1 atom stereocenters. The molecule has 8 nitrogen and oxygen atoms in total. The van der Waals surface area contributed by atoms with E-state index in [1.165, 1.54) is 0 Å². The number of hydrogen-bond acceptors (Lipinski definition) is 4. The lowest BCUT2D eigenvalue weighted by atomic mass is 9.94. The van der Waals surface area contributed by atoms with Crippen molar-refractivity contribution in [1.29, 1.82) is 0 Å². The van der Waals surface area contributed by atoms with Crippen LogP contribution in [0.5, 0.6) is 0 Å². The van der Waals surface area contributed by atoms with Gasteiger partial charge in [0.25, 0.3) is 0 Å². The number of hydrogen-bond donors (Lipinski definition) is 4. The molecule has 0 aliphatic rings. The molecule has 0 saturated heterocycles. The number of nitrogens with zero attached hydrogens (tertiary/aromatic N) is 1. The Kier molecular flexibility index (Phi) is 5.94. The number of aliphatic carboxylic acids is 2. The van der Waals surface area contributed by atoms with Gasteiger partial charge in [0.15, 0.2) is 0 Å². The lowest BCUT2D eigenvalue weighted by molar-refractivity contribution is -0.139. The van der Waals surface area contributed by atoms with Gasteiger partial charge in [-0.15, -0.1) is 0 Å². The number of aliphatic hydroxyl groups is 1. The number of amides is 1. The average Bonchev–Trinajstić information content (AvgIpc) is 3.08. The molecule has 8 heteroatoms. The molecule has 29 heavy (non-hydrogen) atoms. The molecule has 0 aliphatic heterocycles. The summed E-state index contributed by atoms with van der Waals surface area (Å²) in [4.78, 5) is 33.5. The summed E-state index contributed by atoms with van der Waals surface area (Å²) in [5.41, 5.74) is 2.73. The molecule has 4 N–H and O–H groups in total. The van der Waals surface area contributed by atoms with Crippen molar-refractivity contribution in [2.24, 2.45) is 0 Å². The second kappa shape index (κ2) is 8.57. The number of carboxylic acid groups (broad SMARTS) is 2. The normalized spacial score (nSPS) is 11.9. The van der Waals surface area contributed by atoms with Crippen molar-refractivity contribution in [3.63, 3.8) is 0 Å². The molecule has 0 bridgehead atoms. The molecule has 0 saturated carbocycles. The Labute approximate surface area is 166 Å². The SMILES string of the molecule is O=C(O)CNC(=O)Cn1ccc2ccc(-c3ccccc3C(O)CC(=O)O)cc21. The maximum absolute atomic E-state index is 12.0. The molecule has 150 valence electrons. The van der Waals surface area contributed by atoms with E-state index >= 15 is 0 Å². The third-order valence-electron chi connectivity index (χ3n) is 4.52. The number of rotatable bonds is 8. The van der Waals surface area contributed by atoms with Gasteiger partial charge >= 0.3 is 11.9 Å². The van der Waals surface area contributed by atoms with Gasteiger partial charge in [0, 0.05) is 11.7 Å². The summed E-state index contributed by atoms with van der Waals surface area (Å²) >= 11 is 0. The van der Waals surface area contributed by atoms with Crippen LogP contribution in [0.1, 0.15) is 18.1 Å². The van der Waals surface area contributed by atoms with Crippen LogP contribution in [-0.2, 0) is 20.9 Å². The minimum absolute atomic E-state index is 0.0382. The summed E-state index contributed by atoms with van der Waals surface area (Å²) in [5, 5.41) is 31.2. The minimum atomic E-state index is -1.15. The molecule has 0 fully saturated rings. The van der Waals surface area contributed by atoms with E-state index in [4.69, 9.17) is 10.2 Å². The first-order valence-corrected chi connectivity index (χ1v) is 8.91. The largest absolute Gasteiger partial charge is 0.481 e. The topological polar surface area (TPSA) is 129 Å². The zero-order chi connectivity index (χ0) is 21.0. The minimum Gasteiger partial charge on any atom is -0.481 e. The van der Waals surface area contributed by atoms with Crippen LogP contribution in [0.25, 0.3) is 22.0 Å². The monoisotopic (exact) mass is 396 g/mol. The van der Waals surface area contributed by atoms with Crippen LogP contribution in [0.2, 0.25) is 0 Å². The van der Waals surface area contributed by atoms with Crippen molar-refractivity contribution in [1.82, 2.24) is 9.88 Å². The summed E-state index contributed by atoms with van der Waals surface area (Å²) in [5.74, 6) is -2.63. The molecule has 1 aromatic heterocycles. The van der Waals surface area contributed by atoms with Crippen LogP contribution in [0.3, 0.4) is 0 Å². The van der Waals surface area contributed by atoms with Crippen molar-refractivity contribution in [3.05, 3.63) is 60.3 Å². The van der Waals surface area contributed by atoms with Crippen molar-refractivity contribution in [2.75, 3.05) is 6.54 Å². The zero-order valence-electron chi connectivity index (χ0n) is 15.4. The highest BCUT2D eigenvalue weighted by molar-refractivity contribution is 5.88. The number of benzene rings is 2. The van der Waals surface area contributed by atoms with E-state index in [-0.39, 0.29) is 6.54 Å². The number of carboxylic acids is 2. The summed E-state index contributed by atoms with van der Waals surface area (Å²) < 4.78 is 1.70. The lowest BCUT2D eigenvalue weighted by Gasteiger charge is -2.15. The summed E-state index contributed by atoms with van der Waals surface area (Å²) in [6.07, 6.45) is 0.187. The van der Waals surface area contributed by atoms with E-state index in [9.17, 15) is 19.5 Å². The van der Waals surface area contributed by atoms with Crippen LogP contribution < -0.4 is 5.32 Å². The van der Waals surface area contributed by atoms with E-state index < -0.39 is 36.9 Å². The predicted molar refractivity (Wildman–Crippen MR) is 105 cm³/mol. The number of aromatic nitrogens is 1. The molecular weight excluding hydrogens is 376 g/mol. The number of fused-ring (bicyclic) bond motifs is 1. The Hall–Kier alpha value is -3.65. The standard InChI is InChI=1S/C21H20N2O6/c24-18(10-20(26)27)16-4-2-1-3-15(16)14-6-5-13-7-8-23(17(13)9-14)12-19(25)22-11-21(28)29/h1-9,18,24H,10-12H2,(H,22,25)(H,26,27)(H,28,29). The molecule has 1 unspecified atom stereocenters. The van der Waals surface area contributed by atoms with E-state index in [1.807, 2.05) is 24.3 Å². The Balaban J connectivity index is 1.93. The van der Waals surface area contributed by atoms with E-state index in [0.717, 1.165) is 16.5 Å². The van der Waals surface area contributed by atoms with Gasteiger partial charge in [-0.3, -0.25) is 14.4 Å². The van der Waals surface area contributed by atoms with Crippen molar-refractivity contribution in [2.45, 2.75) is 19.1 Å². The first-order chi connectivity index (χ1) is 13.8. The van der Waals surface area contributed by atoms with E-state index in [1.54, 1.807) is 35.0 Å². The Morgan fingerprint density at radius 1 is 1.00 bits per heavy atom. The van der Waals surface area contributed by atoms with Gasteiger partial charge in [0.1, 0.15) is 13.1 Å². The van der Waals surface area contributed by atoms with Crippen molar-refractivity contribution < 1.29 is 29.7 Å². The second-order valence-corrected chi connectivity index (χ2v) is 6.59. The fraction of sp³-hybridized carbons (Fsp3) is 0.190. The van der Waals surface area contributed by atoms with Crippen LogP contribution in [0.4, 0.5) is 0 Å². The van der Waals surface area contributed by atoms with Gasteiger partial charge in [-0.2, -0.15) is 0 Å². The van der Waals surface area contributed by atoms with Crippen LogP contribution in [-0.4, -0.2) is 44.3 Å². The maximum atomic E-state index is 12.0. The Morgan fingerprint density at radius 2 is 1.76 bits per heavy atom. The first kappa shape index (κ1) is 20.1. The highest BCUT2D eigenvalue weighted by Gasteiger charge is 2.17. The van der Waals surface area contributed by atoms with Crippen molar-refractivity contribution in [3.8, 4) is 11.1 Å². The quantitative estimate of drug-likeness (QED) is 0.461. The number of aliphatic hydroxyl groups excluding tert-OH is 1. The second-order valence-electron chi connectivity index (χ2n) is 6.59. The first-order valence-electron chi connectivity index (χ1n) is 8.91. The fourth-order valence-corrected chi connectivity index (χ4v) is 3.20. The van der Waals surface area contributed by atoms with Gasteiger partial charge in [-0.05, 0) is 34.2 Å². The molecular formula is C21H20N2O6. The average molecular weight is 396 g/mol. The highest BCUT2D eigenvalue weighted by Crippen LogP contribution is 2.32. The lowest BCUT2D eigenvalue weighted by Crippen LogP contribution is -2.31. The molecule has 2 aromatic carbocycles.